The minimum atomic E-state index is 0.531. The summed E-state index contributed by atoms with van der Waals surface area (Å²) in [5.74, 6) is 2.22. The van der Waals surface area contributed by atoms with Gasteiger partial charge in [-0.1, -0.05) is 12.1 Å². The highest BCUT2D eigenvalue weighted by atomic mass is 32.1. The van der Waals surface area contributed by atoms with Gasteiger partial charge in [0, 0.05) is 62.8 Å². The Morgan fingerprint density at radius 1 is 0.583 bits per heavy atom. The molecule has 3 rings (SSSR count). The third kappa shape index (κ3) is 3.19. The molecule has 0 spiro atoms. The number of hydrogen-bond acceptors (Lipinski definition) is 8. The Morgan fingerprint density at radius 2 is 1.17 bits per heavy atom. The molecule has 8 heteroatoms. The Morgan fingerprint density at radius 3 is 1.83 bits per heavy atom. The number of rotatable bonds is 5. The summed E-state index contributed by atoms with van der Waals surface area (Å²) >= 11 is 15.6. The summed E-state index contributed by atoms with van der Waals surface area (Å²) in [6.07, 6.45) is 0. The minimum Gasteiger partial charge on any atom is -0.429 e. The van der Waals surface area contributed by atoms with Gasteiger partial charge in [0.2, 0.25) is 0 Å². The van der Waals surface area contributed by atoms with Gasteiger partial charge in [-0.25, -0.2) is 0 Å². The lowest BCUT2D eigenvalue weighted by Gasteiger charge is -2.15. The van der Waals surface area contributed by atoms with Gasteiger partial charge < -0.3 is 16.7 Å². The molecule has 3 aromatic rings. The van der Waals surface area contributed by atoms with Gasteiger partial charge in [0.1, 0.15) is 23.0 Å². The van der Waals surface area contributed by atoms with Crippen LogP contribution in [0.5, 0.6) is 23.0 Å². The standard InChI is InChI=1S/C16H12O4S4/c21-17-10-3-1-9-2-5-15(20-24)16(12(9)7-10)13-8-11(18-22)4-6-14(13)19-23/h1-8,21-24H. The van der Waals surface area contributed by atoms with Crippen LogP contribution in [0.3, 0.4) is 0 Å². The second-order valence-electron chi connectivity index (χ2n) is 4.84. The summed E-state index contributed by atoms with van der Waals surface area (Å²) < 4.78 is 20.5. The second-order valence-corrected chi connectivity index (χ2v) is 5.58. The first-order valence-corrected chi connectivity index (χ1v) is 8.14. The van der Waals surface area contributed by atoms with Crippen molar-refractivity contribution in [1.29, 1.82) is 0 Å². The van der Waals surface area contributed by atoms with Crippen molar-refractivity contribution in [3.05, 3.63) is 48.5 Å². The van der Waals surface area contributed by atoms with Crippen LogP contribution in [0, 0.1) is 0 Å². The van der Waals surface area contributed by atoms with E-state index in [1.165, 1.54) is 0 Å². The van der Waals surface area contributed by atoms with Crippen molar-refractivity contribution in [2.75, 3.05) is 0 Å². The third-order valence-corrected chi connectivity index (χ3v) is 4.40. The monoisotopic (exact) mass is 396 g/mol. The molecular formula is C16H12O4S4. The molecule has 0 radical (unpaired) electrons. The lowest BCUT2D eigenvalue weighted by Crippen LogP contribution is -1.91. The topological polar surface area (TPSA) is 36.9 Å². The van der Waals surface area contributed by atoms with E-state index >= 15 is 0 Å². The Balaban J connectivity index is 2.39. The van der Waals surface area contributed by atoms with Crippen LogP contribution in [0.25, 0.3) is 21.9 Å². The molecule has 0 unspecified atom stereocenters. The van der Waals surface area contributed by atoms with E-state index < -0.39 is 0 Å². The molecule has 0 amide bonds. The molecule has 0 bridgehead atoms. The lowest BCUT2D eigenvalue weighted by molar-refractivity contribution is 0.638. The van der Waals surface area contributed by atoms with Gasteiger partial charge in [0.25, 0.3) is 0 Å². The van der Waals surface area contributed by atoms with Gasteiger partial charge in [0.05, 0.1) is 0 Å². The van der Waals surface area contributed by atoms with Crippen molar-refractivity contribution in [2.45, 2.75) is 0 Å². The van der Waals surface area contributed by atoms with Crippen molar-refractivity contribution in [3.63, 3.8) is 0 Å². The van der Waals surface area contributed by atoms with Gasteiger partial charge >= 0.3 is 0 Å². The SMILES string of the molecule is SOc1ccc(OS)c(-c2c(OS)ccc3ccc(OS)cc23)c1. The molecule has 0 saturated carbocycles. The molecule has 0 N–H and O–H groups in total. The lowest BCUT2D eigenvalue weighted by atomic mass is 9.96. The number of hydrogen-bond donors (Lipinski definition) is 4. The maximum atomic E-state index is 5.25. The smallest absolute Gasteiger partial charge is 0.145 e. The molecule has 0 heterocycles. The number of fused-ring (bicyclic) bond motifs is 1. The van der Waals surface area contributed by atoms with Gasteiger partial charge in [-0.15, -0.1) is 0 Å². The van der Waals surface area contributed by atoms with Crippen LogP contribution in [0.15, 0.2) is 48.5 Å². The summed E-state index contributed by atoms with van der Waals surface area (Å²) in [4.78, 5) is 0. The minimum absolute atomic E-state index is 0.531. The Hall–Kier alpha value is -1.48. The maximum Gasteiger partial charge on any atom is 0.145 e. The fourth-order valence-corrected chi connectivity index (χ4v) is 3.07. The van der Waals surface area contributed by atoms with Gasteiger partial charge in [-0.2, -0.15) is 0 Å². The first-order valence-electron chi connectivity index (χ1n) is 6.68. The molecule has 0 aliphatic carbocycles. The fourth-order valence-electron chi connectivity index (χ4n) is 2.53. The molecule has 0 aliphatic rings. The fraction of sp³-hybridized carbons (Fsp3) is 0. The molecule has 124 valence electrons. The van der Waals surface area contributed by atoms with Crippen LogP contribution in [0.4, 0.5) is 0 Å². The summed E-state index contributed by atoms with van der Waals surface area (Å²) in [5, 5.41) is 1.85. The van der Waals surface area contributed by atoms with E-state index in [1.807, 2.05) is 30.3 Å². The molecule has 0 atom stereocenters. The van der Waals surface area contributed by atoms with E-state index in [-0.39, 0.29) is 0 Å². The molecule has 0 fully saturated rings. The average molecular weight is 397 g/mol. The molecule has 4 nitrogen and oxygen atoms in total. The van der Waals surface area contributed by atoms with E-state index in [1.54, 1.807) is 18.2 Å². The number of thiol groups is 4. The predicted octanol–water partition coefficient (Wildman–Crippen LogP) is 5.40. The van der Waals surface area contributed by atoms with Crippen LogP contribution >= 0.6 is 51.6 Å². The summed E-state index contributed by atoms with van der Waals surface area (Å²) in [7, 11) is 0. The van der Waals surface area contributed by atoms with Crippen molar-refractivity contribution in [1.82, 2.24) is 0 Å². The molecular weight excluding hydrogens is 384 g/mol. The molecule has 0 saturated heterocycles. The van der Waals surface area contributed by atoms with Crippen LogP contribution < -0.4 is 16.7 Å². The molecule has 24 heavy (non-hydrogen) atoms. The van der Waals surface area contributed by atoms with E-state index in [0.29, 0.717) is 28.6 Å². The Kier molecular flexibility index (Phi) is 5.50. The van der Waals surface area contributed by atoms with Crippen molar-refractivity contribution < 1.29 is 16.7 Å². The largest absolute Gasteiger partial charge is 0.429 e. The zero-order valence-electron chi connectivity index (χ0n) is 12.0. The van der Waals surface area contributed by atoms with E-state index in [9.17, 15) is 0 Å². The first kappa shape index (κ1) is 17.3. The normalized spacial score (nSPS) is 10.5. The van der Waals surface area contributed by atoms with E-state index in [4.69, 9.17) is 16.7 Å². The summed E-state index contributed by atoms with van der Waals surface area (Å²) in [6.45, 7) is 0. The van der Waals surface area contributed by atoms with Crippen LogP contribution in [-0.2, 0) is 0 Å². The van der Waals surface area contributed by atoms with Crippen LogP contribution in [0.1, 0.15) is 0 Å². The first-order chi connectivity index (χ1) is 11.7. The highest BCUT2D eigenvalue weighted by Gasteiger charge is 2.17. The summed E-state index contributed by atoms with van der Waals surface area (Å²) in [6, 6.07) is 14.6. The quantitative estimate of drug-likeness (QED) is 0.344. The Bertz CT molecular complexity index is 880. The van der Waals surface area contributed by atoms with Crippen LogP contribution in [0.2, 0.25) is 0 Å². The van der Waals surface area contributed by atoms with Gasteiger partial charge in [0.15, 0.2) is 0 Å². The zero-order chi connectivity index (χ0) is 17.1. The van der Waals surface area contributed by atoms with Crippen LogP contribution in [-0.4, -0.2) is 0 Å². The third-order valence-electron chi connectivity index (χ3n) is 3.58. The highest BCUT2D eigenvalue weighted by Crippen LogP contribution is 2.44. The van der Waals surface area contributed by atoms with Crippen molar-refractivity contribution >= 4 is 62.4 Å². The van der Waals surface area contributed by atoms with E-state index in [0.717, 1.165) is 16.3 Å². The predicted molar refractivity (Wildman–Crippen MR) is 108 cm³/mol. The van der Waals surface area contributed by atoms with Crippen molar-refractivity contribution in [2.24, 2.45) is 0 Å². The molecule has 3 aromatic carbocycles. The molecule has 0 aliphatic heterocycles. The van der Waals surface area contributed by atoms with Gasteiger partial charge in [-0.3, -0.25) is 0 Å². The average Bonchev–Trinajstić information content (AvgIpc) is 2.65. The molecule has 0 aromatic heterocycles. The number of benzene rings is 3. The maximum absolute atomic E-state index is 5.25. The van der Waals surface area contributed by atoms with E-state index in [2.05, 4.69) is 51.6 Å². The van der Waals surface area contributed by atoms with Crippen molar-refractivity contribution in [3.8, 4) is 34.1 Å². The summed E-state index contributed by atoms with van der Waals surface area (Å²) in [5.41, 5.74) is 1.47. The Labute approximate surface area is 161 Å². The second kappa shape index (κ2) is 7.60. The van der Waals surface area contributed by atoms with Gasteiger partial charge in [-0.05, 0) is 47.2 Å². The highest BCUT2D eigenvalue weighted by molar-refractivity contribution is 7.75. The zero-order valence-corrected chi connectivity index (χ0v) is 15.6.